The molecule has 0 bridgehead atoms. The quantitative estimate of drug-likeness (QED) is 0.873. The van der Waals surface area contributed by atoms with E-state index in [1.165, 1.54) is 24.3 Å². The predicted octanol–water partition coefficient (Wildman–Crippen LogP) is 3.20. The molecule has 0 aliphatic carbocycles. The van der Waals surface area contributed by atoms with Gasteiger partial charge in [-0.3, -0.25) is 0 Å². The normalized spacial score (nSPS) is 10.6. The van der Waals surface area contributed by atoms with Gasteiger partial charge in [0.05, 0.1) is 11.1 Å². The maximum atomic E-state index is 10.9. The lowest BCUT2D eigenvalue weighted by atomic mass is 9.99. The van der Waals surface area contributed by atoms with E-state index in [0.717, 1.165) is 0 Å². The number of aryl methyl sites for hydroxylation is 1. The molecular weight excluding hydrogens is 256 g/mol. The van der Waals surface area contributed by atoms with Crippen LogP contribution in [0.4, 0.5) is 0 Å². The molecule has 0 aliphatic rings. The maximum absolute atomic E-state index is 10.9. The summed E-state index contributed by atoms with van der Waals surface area (Å²) in [7, 11) is 0. The van der Waals surface area contributed by atoms with Crippen LogP contribution in [0.25, 0.3) is 10.8 Å². The van der Waals surface area contributed by atoms with Gasteiger partial charge in [0, 0.05) is 10.4 Å². The van der Waals surface area contributed by atoms with Gasteiger partial charge in [-0.05, 0) is 42.1 Å². The summed E-state index contributed by atoms with van der Waals surface area (Å²) < 4.78 is 0. The summed E-state index contributed by atoms with van der Waals surface area (Å²) in [4.78, 5) is 21.9. The Balaban J connectivity index is 2.83. The second kappa shape index (κ2) is 4.31. The third kappa shape index (κ3) is 2.02. The summed E-state index contributed by atoms with van der Waals surface area (Å²) in [6, 6.07) is 5.74. The molecule has 0 saturated carbocycles. The topological polar surface area (TPSA) is 74.6 Å². The van der Waals surface area contributed by atoms with Gasteiger partial charge in [-0.15, -0.1) is 0 Å². The van der Waals surface area contributed by atoms with Crippen molar-refractivity contribution in [3.05, 3.63) is 46.0 Å². The molecule has 2 N–H and O–H groups in total. The van der Waals surface area contributed by atoms with Crippen LogP contribution in [0, 0.1) is 6.92 Å². The lowest BCUT2D eigenvalue weighted by Gasteiger charge is -2.07. The number of aromatic carboxylic acids is 2. The van der Waals surface area contributed by atoms with E-state index in [1.807, 2.05) is 0 Å². The lowest BCUT2D eigenvalue weighted by Crippen LogP contribution is -2.00. The summed E-state index contributed by atoms with van der Waals surface area (Å²) >= 11 is 6.00. The highest BCUT2D eigenvalue weighted by Crippen LogP contribution is 2.29. The molecule has 92 valence electrons. The Labute approximate surface area is 107 Å². The summed E-state index contributed by atoms with van der Waals surface area (Å²) in [5, 5.41) is 19.3. The van der Waals surface area contributed by atoms with Gasteiger partial charge in [0.15, 0.2) is 0 Å². The molecule has 4 nitrogen and oxygen atoms in total. The van der Waals surface area contributed by atoms with Crippen molar-refractivity contribution in [2.24, 2.45) is 0 Å². The summed E-state index contributed by atoms with van der Waals surface area (Å²) in [6.07, 6.45) is 0. The molecule has 0 saturated heterocycles. The zero-order valence-corrected chi connectivity index (χ0v) is 10.2. The van der Waals surface area contributed by atoms with Crippen molar-refractivity contribution in [3.63, 3.8) is 0 Å². The fraction of sp³-hybridized carbons (Fsp3) is 0.0769. The van der Waals surface area contributed by atoms with Crippen LogP contribution >= 0.6 is 11.6 Å². The van der Waals surface area contributed by atoms with E-state index in [1.54, 1.807) is 6.92 Å². The molecule has 18 heavy (non-hydrogen) atoms. The second-order valence-corrected chi connectivity index (χ2v) is 4.36. The lowest BCUT2D eigenvalue weighted by molar-refractivity contribution is 0.0686. The molecule has 0 aromatic heterocycles. The first-order valence-electron chi connectivity index (χ1n) is 5.10. The highest BCUT2D eigenvalue weighted by molar-refractivity contribution is 6.36. The average molecular weight is 265 g/mol. The van der Waals surface area contributed by atoms with Crippen molar-refractivity contribution >= 4 is 34.3 Å². The van der Waals surface area contributed by atoms with E-state index in [0.29, 0.717) is 16.3 Å². The fourth-order valence-corrected chi connectivity index (χ4v) is 2.12. The molecule has 0 atom stereocenters. The van der Waals surface area contributed by atoms with E-state index in [-0.39, 0.29) is 16.1 Å². The van der Waals surface area contributed by atoms with Crippen LogP contribution in [0.15, 0.2) is 24.3 Å². The zero-order chi connectivity index (χ0) is 13.4. The molecular formula is C13H9ClO4. The van der Waals surface area contributed by atoms with E-state index in [2.05, 4.69) is 0 Å². The van der Waals surface area contributed by atoms with Crippen LogP contribution in [0.5, 0.6) is 0 Å². The average Bonchev–Trinajstić information content (AvgIpc) is 2.29. The largest absolute Gasteiger partial charge is 0.478 e. The zero-order valence-electron chi connectivity index (χ0n) is 9.40. The van der Waals surface area contributed by atoms with Gasteiger partial charge >= 0.3 is 11.9 Å². The molecule has 0 amide bonds. The molecule has 0 heterocycles. The van der Waals surface area contributed by atoms with Gasteiger partial charge in [-0.1, -0.05) is 11.6 Å². The Bertz CT molecular complexity index is 617. The molecule has 5 heteroatoms. The summed E-state index contributed by atoms with van der Waals surface area (Å²) in [5.41, 5.74) is 0.888. The number of carboxylic acid groups (broad SMARTS) is 2. The molecule has 2 rings (SSSR count). The highest BCUT2D eigenvalue weighted by atomic mass is 35.5. The van der Waals surface area contributed by atoms with Crippen LogP contribution < -0.4 is 0 Å². The minimum atomic E-state index is -1.07. The van der Waals surface area contributed by atoms with E-state index < -0.39 is 11.9 Å². The van der Waals surface area contributed by atoms with Crippen molar-refractivity contribution in [2.75, 3.05) is 0 Å². The third-order valence-electron chi connectivity index (χ3n) is 2.72. The number of rotatable bonds is 2. The van der Waals surface area contributed by atoms with Crippen LogP contribution in [0.1, 0.15) is 26.3 Å². The number of hydrogen-bond donors (Lipinski definition) is 2. The van der Waals surface area contributed by atoms with Gasteiger partial charge in [-0.25, -0.2) is 9.59 Å². The van der Waals surface area contributed by atoms with Gasteiger partial charge in [0.2, 0.25) is 0 Å². The summed E-state index contributed by atoms with van der Waals surface area (Å²) in [6.45, 7) is 1.72. The molecule has 0 aliphatic heterocycles. The van der Waals surface area contributed by atoms with Crippen molar-refractivity contribution in [2.45, 2.75) is 6.92 Å². The molecule has 0 spiro atoms. The number of benzene rings is 2. The second-order valence-electron chi connectivity index (χ2n) is 3.96. The van der Waals surface area contributed by atoms with E-state index >= 15 is 0 Å². The first kappa shape index (κ1) is 12.4. The smallest absolute Gasteiger partial charge is 0.335 e. The van der Waals surface area contributed by atoms with E-state index in [9.17, 15) is 9.59 Å². The van der Waals surface area contributed by atoms with Crippen LogP contribution in [-0.2, 0) is 0 Å². The Morgan fingerprint density at radius 3 is 2.00 bits per heavy atom. The minimum absolute atomic E-state index is 0.0821. The van der Waals surface area contributed by atoms with E-state index in [4.69, 9.17) is 21.8 Å². The number of hydrogen-bond acceptors (Lipinski definition) is 2. The van der Waals surface area contributed by atoms with Gasteiger partial charge in [0.1, 0.15) is 0 Å². The van der Waals surface area contributed by atoms with Crippen molar-refractivity contribution < 1.29 is 19.8 Å². The Morgan fingerprint density at radius 2 is 1.44 bits per heavy atom. The standard InChI is InChI=1S/C13H9ClO4/c1-6-2-7(12(15)16)4-10-9(6)3-8(13(17)18)5-11(10)14/h2-5H,1H3,(H,15,16)(H,17,18). The van der Waals surface area contributed by atoms with Crippen LogP contribution in [-0.4, -0.2) is 22.2 Å². The van der Waals surface area contributed by atoms with Crippen molar-refractivity contribution in [1.29, 1.82) is 0 Å². The number of halogens is 1. The Kier molecular flexibility index (Phi) is 2.97. The predicted molar refractivity (Wildman–Crippen MR) is 67.6 cm³/mol. The molecule has 2 aromatic carbocycles. The number of carbonyl (C=O) groups is 2. The van der Waals surface area contributed by atoms with Crippen LogP contribution in [0.3, 0.4) is 0 Å². The Morgan fingerprint density at radius 1 is 0.944 bits per heavy atom. The van der Waals surface area contributed by atoms with Gasteiger partial charge in [-0.2, -0.15) is 0 Å². The fourth-order valence-electron chi connectivity index (χ4n) is 1.85. The number of fused-ring (bicyclic) bond motifs is 1. The van der Waals surface area contributed by atoms with Crippen molar-refractivity contribution in [3.8, 4) is 0 Å². The SMILES string of the molecule is Cc1cc(C(=O)O)cc2c(Cl)cc(C(=O)O)cc12. The Hall–Kier alpha value is -2.07. The van der Waals surface area contributed by atoms with Crippen molar-refractivity contribution in [1.82, 2.24) is 0 Å². The molecule has 0 radical (unpaired) electrons. The monoisotopic (exact) mass is 264 g/mol. The first-order valence-corrected chi connectivity index (χ1v) is 5.48. The minimum Gasteiger partial charge on any atom is -0.478 e. The maximum Gasteiger partial charge on any atom is 0.335 e. The van der Waals surface area contributed by atoms with Gasteiger partial charge < -0.3 is 10.2 Å². The van der Waals surface area contributed by atoms with Gasteiger partial charge in [0.25, 0.3) is 0 Å². The highest BCUT2D eigenvalue weighted by Gasteiger charge is 2.12. The third-order valence-corrected chi connectivity index (χ3v) is 3.03. The molecule has 0 unspecified atom stereocenters. The first-order chi connectivity index (χ1) is 8.40. The van der Waals surface area contributed by atoms with Crippen LogP contribution in [0.2, 0.25) is 5.02 Å². The molecule has 0 fully saturated rings. The summed E-state index contributed by atoms with van der Waals surface area (Å²) in [5.74, 6) is -2.11. The molecule has 2 aromatic rings. The number of carboxylic acids is 2.